The Morgan fingerprint density at radius 3 is 2.76 bits per heavy atom. The molecule has 1 amide bonds. The van der Waals surface area contributed by atoms with Crippen LogP contribution < -0.4 is 5.32 Å². The standard InChI is InChI=1S/C25H23N7O/c1-3-31-15-19(13-27-31)23-12-21(20-9-4-5-10-22(20)28-23)24(33)29-25-26-16-32(30-25)14-18-8-6-7-17(2)11-18/h4-13,15-16H,3,14H2,1-2H3,(H,29,30,33). The lowest BCUT2D eigenvalue weighted by Gasteiger charge is -2.08. The number of pyridine rings is 1. The van der Waals surface area contributed by atoms with Crippen molar-refractivity contribution in [3.8, 4) is 11.3 Å². The Labute approximate surface area is 190 Å². The summed E-state index contributed by atoms with van der Waals surface area (Å²) < 4.78 is 3.54. The number of amides is 1. The molecular weight excluding hydrogens is 414 g/mol. The summed E-state index contributed by atoms with van der Waals surface area (Å²) in [7, 11) is 0. The molecule has 0 aliphatic heterocycles. The van der Waals surface area contributed by atoms with Crippen LogP contribution in [0.5, 0.6) is 0 Å². The van der Waals surface area contributed by atoms with E-state index in [-0.39, 0.29) is 11.9 Å². The molecule has 2 aromatic carbocycles. The van der Waals surface area contributed by atoms with Gasteiger partial charge in [0, 0.05) is 23.7 Å². The van der Waals surface area contributed by atoms with E-state index in [0.717, 1.165) is 28.6 Å². The average Bonchev–Trinajstić information content (AvgIpc) is 3.48. The Hall–Kier alpha value is -4.33. The van der Waals surface area contributed by atoms with E-state index in [1.165, 1.54) is 5.56 Å². The molecule has 1 N–H and O–H groups in total. The minimum atomic E-state index is -0.286. The molecule has 0 aliphatic rings. The fraction of sp³-hybridized carbons (Fsp3) is 0.160. The number of fused-ring (bicyclic) bond motifs is 1. The van der Waals surface area contributed by atoms with Gasteiger partial charge in [0.05, 0.1) is 29.5 Å². The molecule has 0 saturated carbocycles. The number of rotatable bonds is 6. The lowest BCUT2D eigenvalue weighted by molar-refractivity contribution is 0.102. The minimum absolute atomic E-state index is 0.258. The second kappa shape index (κ2) is 8.66. The Bertz CT molecular complexity index is 1450. The lowest BCUT2D eigenvalue weighted by Crippen LogP contribution is -2.14. The van der Waals surface area contributed by atoms with Crippen molar-refractivity contribution in [3.05, 3.63) is 90.0 Å². The first-order chi connectivity index (χ1) is 16.1. The second-order valence-corrected chi connectivity index (χ2v) is 7.87. The maximum Gasteiger partial charge on any atom is 0.258 e. The van der Waals surface area contributed by atoms with Crippen LogP contribution in [0.3, 0.4) is 0 Å². The molecule has 164 valence electrons. The van der Waals surface area contributed by atoms with Gasteiger partial charge in [-0.25, -0.2) is 14.6 Å². The van der Waals surface area contributed by atoms with Crippen molar-refractivity contribution in [1.29, 1.82) is 0 Å². The van der Waals surface area contributed by atoms with Gasteiger partial charge in [-0.05, 0) is 31.5 Å². The van der Waals surface area contributed by atoms with E-state index in [2.05, 4.69) is 39.6 Å². The first-order valence-electron chi connectivity index (χ1n) is 10.8. The van der Waals surface area contributed by atoms with Crippen LogP contribution in [0, 0.1) is 6.92 Å². The maximum atomic E-state index is 13.2. The highest BCUT2D eigenvalue weighted by Gasteiger charge is 2.16. The Morgan fingerprint density at radius 1 is 1.06 bits per heavy atom. The van der Waals surface area contributed by atoms with Crippen molar-refractivity contribution < 1.29 is 4.79 Å². The van der Waals surface area contributed by atoms with Gasteiger partial charge in [0.15, 0.2) is 0 Å². The van der Waals surface area contributed by atoms with Crippen LogP contribution in [-0.4, -0.2) is 35.4 Å². The summed E-state index contributed by atoms with van der Waals surface area (Å²) in [5.74, 6) is -0.0278. The van der Waals surface area contributed by atoms with E-state index in [4.69, 9.17) is 4.98 Å². The number of hydrogen-bond donors (Lipinski definition) is 1. The highest BCUT2D eigenvalue weighted by atomic mass is 16.1. The molecule has 0 fully saturated rings. The Kier molecular flexibility index (Phi) is 5.40. The van der Waals surface area contributed by atoms with Gasteiger partial charge in [-0.1, -0.05) is 48.0 Å². The number of para-hydroxylation sites is 1. The first kappa shape index (κ1) is 20.6. The monoisotopic (exact) mass is 437 g/mol. The molecule has 5 rings (SSSR count). The molecule has 0 radical (unpaired) electrons. The maximum absolute atomic E-state index is 13.2. The van der Waals surface area contributed by atoms with E-state index >= 15 is 0 Å². The van der Waals surface area contributed by atoms with Crippen molar-refractivity contribution >= 4 is 22.8 Å². The fourth-order valence-corrected chi connectivity index (χ4v) is 3.77. The lowest BCUT2D eigenvalue weighted by atomic mass is 10.1. The third kappa shape index (κ3) is 4.36. The molecule has 0 bridgehead atoms. The van der Waals surface area contributed by atoms with Crippen molar-refractivity contribution in [2.75, 3.05) is 5.32 Å². The van der Waals surface area contributed by atoms with E-state index in [1.807, 2.05) is 54.2 Å². The van der Waals surface area contributed by atoms with Gasteiger partial charge >= 0.3 is 0 Å². The number of carbonyl (C=O) groups is 1. The molecule has 3 heterocycles. The second-order valence-electron chi connectivity index (χ2n) is 7.87. The minimum Gasteiger partial charge on any atom is -0.289 e. The van der Waals surface area contributed by atoms with Gasteiger partial charge in [-0.15, -0.1) is 5.10 Å². The van der Waals surface area contributed by atoms with Crippen molar-refractivity contribution in [2.45, 2.75) is 26.9 Å². The van der Waals surface area contributed by atoms with Gasteiger partial charge in [0.25, 0.3) is 5.91 Å². The predicted octanol–water partition coefficient (Wildman–Crippen LogP) is 4.32. The van der Waals surface area contributed by atoms with Crippen LogP contribution in [-0.2, 0) is 13.1 Å². The zero-order chi connectivity index (χ0) is 22.8. The molecule has 0 atom stereocenters. The van der Waals surface area contributed by atoms with Crippen LogP contribution >= 0.6 is 0 Å². The summed E-state index contributed by atoms with van der Waals surface area (Å²) in [6.45, 7) is 5.41. The van der Waals surface area contributed by atoms with Crippen LogP contribution in [0.4, 0.5) is 5.95 Å². The fourth-order valence-electron chi connectivity index (χ4n) is 3.77. The first-order valence-corrected chi connectivity index (χ1v) is 10.8. The number of aromatic nitrogens is 6. The zero-order valence-corrected chi connectivity index (χ0v) is 18.4. The average molecular weight is 438 g/mol. The van der Waals surface area contributed by atoms with Gasteiger partial charge in [0.1, 0.15) is 6.33 Å². The van der Waals surface area contributed by atoms with Crippen molar-refractivity contribution in [1.82, 2.24) is 29.5 Å². The van der Waals surface area contributed by atoms with Gasteiger partial charge in [-0.2, -0.15) is 5.10 Å². The van der Waals surface area contributed by atoms with Crippen molar-refractivity contribution in [2.24, 2.45) is 0 Å². The summed E-state index contributed by atoms with van der Waals surface area (Å²) >= 11 is 0. The molecule has 0 unspecified atom stereocenters. The topological polar surface area (TPSA) is 90.5 Å². The third-order valence-electron chi connectivity index (χ3n) is 5.40. The SMILES string of the molecule is CCn1cc(-c2cc(C(=O)Nc3ncn(Cc4cccc(C)c4)n3)c3ccccc3n2)cn1. The van der Waals surface area contributed by atoms with Crippen LogP contribution in [0.2, 0.25) is 0 Å². The predicted molar refractivity (Wildman–Crippen MR) is 127 cm³/mol. The number of nitrogens with one attached hydrogen (secondary N) is 1. The molecule has 0 aliphatic carbocycles. The summed E-state index contributed by atoms with van der Waals surface area (Å²) in [6.07, 6.45) is 5.30. The van der Waals surface area contributed by atoms with Gasteiger partial charge in [0.2, 0.25) is 5.95 Å². The molecule has 5 aromatic rings. The molecule has 0 spiro atoms. The number of benzene rings is 2. The number of hydrogen-bond acceptors (Lipinski definition) is 5. The third-order valence-corrected chi connectivity index (χ3v) is 5.40. The molecule has 8 nitrogen and oxygen atoms in total. The normalized spacial score (nSPS) is 11.1. The highest BCUT2D eigenvalue weighted by Crippen LogP contribution is 2.25. The largest absolute Gasteiger partial charge is 0.289 e. The molecular formula is C25H23N7O. The molecule has 33 heavy (non-hydrogen) atoms. The van der Waals surface area contributed by atoms with E-state index in [0.29, 0.717) is 17.8 Å². The molecule has 8 heteroatoms. The molecule has 0 saturated heterocycles. The number of aryl methyl sites for hydroxylation is 2. The Balaban J connectivity index is 1.43. The van der Waals surface area contributed by atoms with Crippen LogP contribution in [0.25, 0.3) is 22.2 Å². The van der Waals surface area contributed by atoms with Crippen molar-refractivity contribution in [3.63, 3.8) is 0 Å². The Morgan fingerprint density at radius 2 is 1.94 bits per heavy atom. The molecule has 3 aromatic heterocycles. The highest BCUT2D eigenvalue weighted by molar-refractivity contribution is 6.12. The van der Waals surface area contributed by atoms with Crippen LogP contribution in [0.1, 0.15) is 28.4 Å². The number of anilines is 1. The summed E-state index contributed by atoms with van der Waals surface area (Å²) in [4.78, 5) is 22.2. The van der Waals surface area contributed by atoms with E-state index in [1.54, 1.807) is 23.3 Å². The van der Waals surface area contributed by atoms with Gasteiger partial charge < -0.3 is 0 Å². The summed E-state index contributed by atoms with van der Waals surface area (Å²) in [6, 6.07) is 17.6. The zero-order valence-electron chi connectivity index (χ0n) is 18.4. The number of carbonyl (C=O) groups excluding carboxylic acids is 1. The summed E-state index contributed by atoms with van der Waals surface area (Å²) in [5, 5.41) is 12.3. The number of nitrogens with zero attached hydrogens (tertiary/aromatic N) is 6. The van der Waals surface area contributed by atoms with E-state index < -0.39 is 0 Å². The quantitative estimate of drug-likeness (QED) is 0.427. The van der Waals surface area contributed by atoms with Crippen LogP contribution in [0.15, 0.2) is 73.3 Å². The van der Waals surface area contributed by atoms with Gasteiger partial charge in [-0.3, -0.25) is 14.8 Å². The summed E-state index contributed by atoms with van der Waals surface area (Å²) in [5.41, 5.74) is 5.10. The van der Waals surface area contributed by atoms with E-state index in [9.17, 15) is 4.79 Å². The smallest absolute Gasteiger partial charge is 0.258 e.